The molecule has 0 spiro atoms. The van der Waals surface area contributed by atoms with E-state index in [-0.39, 0.29) is 5.91 Å². The van der Waals surface area contributed by atoms with E-state index in [0.29, 0.717) is 25.3 Å². The van der Waals surface area contributed by atoms with Crippen LogP contribution in [0.2, 0.25) is 0 Å². The van der Waals surface area contributed by atoms with Gasteiger partial charge in [0.05, 0.1) is 0 Å². The number of thiol groups is 1. The molecule has 1 amide bonds. The largest absolute Gasteiger partial charge is 0.760 e. The highest BCUT2D eigenvalue weighted by molar-refractivity contribution is 7.80. The second-order valence-corrected chi connectivity index (χ2v) is 4.25. The Morgan fingerprint density at radius 3 is 2.79 bits per heavy atom. The van der Waals surface area contributed by atoms with Gasteiger partial charge in [-0.15, -0.1) is 0 Å². The monoisotopic (exact) mass is 239 g/mol. The first kappa shape index (κ1) is 13.9. The molecule has 84 valence electrons. The molecule has 0 aliphatic carbocycles. The maximum absolute atomic E-state index is 11.0. The quantitative estimate of drug-likeness (QED) is 0.466. The van der Waals surface area contributed by atoms with Crippen molar-refractivity contribution in [3.05, 3.63) is 0 Å². The number of nitrogens with zero attached hydrogens (tertiary/aromatic N) is 1. The zero-order valence-electron chi connectivity index (χ0n) is 8.06. The Hall–Kier alpha value is -0.110. The van der Waals surface area contributed by atoms with E-state index in [2.05, 4.69) is 17.9 Å². The van der Waals surface area contributed by atoms with Crippen molar-refractivity contribution in [1.29, 1.82) is 0 Å². The third-order valence-electron chi connectivity index (χ3n) is 1.57. The lowest BCUT2D eigenvalue weighted by atomic mass is 10.3. The van der Waals surface area contributed by atoms with E-state index in [1.54, 1.807) is 0 Å². The Labute approximate surface area is 92.1 Å². The van der Waals surface area contributed by atoms with Crippen LogP contribution in [0.4, 0.5) is 0 Å². The average molecular weight is 239 g/mol. The Morgan fingerprint density at radius 2 is 2.29 bits per heavy atom. The number of hydrogen-bond acceptors (Lipinski definition) is 4. The second kappa shape index (κ2) is 8.22. The first-order valence-electron chi connectivity index (χ1n) is 4.26. The van der Waals surface area contributed by atoms with Crippen LogP contribution in [0.3, 0.4) is 0 Å². The van der Waals surface area contributed by atoms with Gasteiger partial charge in [0.15, 0.2) is 0 Å². The van der Waals surface area contributed by atoms with E-state index in [4.69, 9.17) is 0 Å². The average Bonchev–Trinajstić information content (AvgIpc) is 2.14. The van der Waals surface area contributed by atoms with E-state index in [9.17, 15) is 13.6 Å². The fourth-order valence-corrected chi connectivity index (χ4v) is 1.15. The summed E-state index contributed by atoms with van der Waals surface area (Å²) in [6.07, 6.45) is 1.17. The summed E-state index contributed by atoms with van der Waals surface area (Å²) in [5.74, 6) is 0.613. The molecule has 0 aromatic carbocycles. The molecule has 0 aromatic rings. The molecular weight excluding hydrogens is 224 g/mol. The van der Waals surface area contributed by atoms with Gasteiger partial charge < -0.3 is 9.87 Å². The van der Waals surface area contributed by atoms with E-state index in [1.807, 2.05) is 0 Å². The first-order valence-corrected chi connectivity index (χ1v) is 5.92. The van der Waals surface area contributed by atoms with Gasteiger partial charge in [0.1, 0.15) is 0 Å². The summed E-state index contributed by atoms with van der Waals surface area (Å²) < 4.78 is 21.8. The van der Waals surface area contributed by atoms with Gasteiger partial charge in [-0.25, -0.2) is 4.31 Å². The highest BCUT2D eigenvalue weighted by Gasteiger charge is 2.01. The number of likely N-dealkylation sites (N-methyl/N-ethyl adjacent to an activating group) is 1. The molecule has 0 aliphatic heterocycles. The van der Waals surface area contributed by atoms with Crippen LogP contribution in [-0.2, 0) is 16.1 Å². The molecule has 0 aromatic heterocycles. The van der Waals surface area contributed by atoms with Crippen molar-refractivity contribution in [2.45, 2.75) is 12.8 Å². The van der Waals surface area contributed by atoms with Crippen molar-refractivity contribution in [2.75, 3.05) is 25.9 Å². The number of carbonyl (C=O) groups excluding carboxylic acids is 1. The third kappa shape index (κ3) is 7.31. The molecule has 0 saturated carbocycles. The van der Waals surface area contributed by atoms with Crippen LogP contribution >= 0.6 is 12.6 Å². The predicted molar refractivity (Wildman–Crippen MR) is 57.6 cm³/mol. The number of amides is 1. The van der Waals surface area contributed by atoms with Crippen molar-refractivity contribution in [2.24, 2.45) is 0 Å². The summed E-state index contributed by atoms with van der Waals surface area (Å²) >= 11 is 1.77. The molecule has 5 nitrogen and oxygen atoms in total. The van der Waals surface area contributed by atoms with Crippen LogP contribution in [0.25, 0.3) is 0 Å². The molecule has 0 bridgehead atoms. The molecule has 7 heteroatoms. The smallest absolute Gasteiger partial charge is 0.220 e. The van der Waals surface area contributed by atoms with Crippen LogP contribution in [0.15, 0.2) is 0 Å². The molecule has 1 N–H and O–H groups in total. The predicted octanol–water partition coefficient (Wildman–Crippen LogP) is -0.462. The normalized spacial score (nSPS) is 12.9. The lowest BCUT2D eigenvalue weighted by Crippen LogP contribution is -2.33. The molecule has 1 unspecified atom stereocenters. The fraction of sp³-hybridized carbons (Fsp3) is 0.857. The molecule has 0 radical (unpaired) electrons. The van der Waals surface area contributed by atoms with Gasteiger partial charge in [-0.3, -0.25) is 9.00 Å². The number of nitrogens with one attached hydrogen (secondary N) is 1. The molecular formula is C7H15N2O3S2-. The summed E-state index contributed by atoms with van der Waals surface area (Å²) in [5.41, 5.74) is 0. The molecule has 0 rings (SSSR count). The van der Waals surface area contributed by atoms with Gasteiger partial charge >= 0.3 is 0 Å². The zero-order chi connectivity index (χ0) is 11.0. The molecule has 14 heavy (non-hydrogen) atoms. The summed E-state index contributed by atoms with van der Waals surface area (Å²) in [6, 6.07) is 0. The summed E-state index contributed by atoms with van der Waals surface area (Å²) in [4.78, 5) is 11.0. The third-order valence-corrected chi connectivity index (χ3v) is 2.57. The van der Waals surface area contributed by atoms with Gasteiger partial charge in [0, 0.05) is 30.8 Å². The van der Waals surface area contributed by atoms with E-state index >= 15 is 0 Å². The van der Waals surface area contributed by atoms with Crippen LogP contribution in [-0.4, -0.2) is 44.9 Å². The molecule has 0 aliphatic rings. The summed E-state index contributed by atoms with van der Waals surface area (Å²) in [6.45, 7) is 0.638. The summed E-state index contributed by atoms with van der Waals surface area (Å²) in [5, 5.41) is 2.62. The second-order valence-electron chi connectivity index (χ2n) is 2.75. The summed E-state index contributed by atoms with van der Waals surface area (Å²) in [7, 11) is 1.45. The maximum atomic E-state index is 11.0. The Morgan fingerprint density at radius 1 is 1.64 bits per heavy atom. The maximum Gasteiger partial charge on any atom is 0.220 e. The zero-order valence-corrected chi connectivity index (χ0v) is 9.77. The van der Waals surface area contributed by atoms with Crippen molar-refractivity contribution in [3.8, 4) is 0 Å². The van der Waals surface area contributed by atoms with Crippen LogP contribution in [0.1, 0.15) is 12.8 Å². The van der Waals surface area contributed by atoms with E-state index < -0.39 is 11.3 Å². The van der Waals surface area contributed by atoms with Gasteiger partial charge in [-0.2, -0.15) is 12.6 Å². The first-order chi connectivity index (χ1) is 6.57. The Bertz CT molecular complexity index is 201. The standard InChI is InChI=1S/C7H16N2O3S2/c1-9(14(11)12)5-4-8-7(10)3-2-6-13/h13H,2-6H2,1H3,(H,8,10)(H,11,12)/p-1. The van der Waals surface area contributed by atoms with E-state index in [0.717, 1.165) is 10.7 Å². The lowest BCUT2D eigenvalue weighted by Gasteiger charge is -2.18. The van der Waals surface area contributed by atoms with Gasteiger partial charge in [-0.1, -0.05) is 0 Å². The molecule has 0 fully saturated rings. The van der Waals surface area contributed by atoms with Crippen molar-refractivity contribution in [1.82, 2.24) is 9.62 Å². The topological polar surface area (TPSA) is 72.5 Å². The van der Waals surface area contributed by atoms with Gasteiger partial charge in [0.25, 0.3) is 0 Å². The highest BCUT2D eigenvalue weighted by Crippen LogP contribution is 1.91. The van der Waals surface area contributed by atoms with Crippen molar-refractivity contribution >= 4 is 29.8 Å². The van der Waals surface area contributed by atoms with Crippen molar-refractivity contribution < 1.29 is 13.6 Å². The molecule has 0 saturated heterocycles. The molecule has 0 heterocycles. The minimum absolute atomic E-state index is 0.0656. The van der Waals surface area contributed by atoms with Crippen LogP contribution in [0.5, 0.6) is 0 Å². The van der Waals surface area contributed by atoms with Crippen molar-refractivity contribution in [3.63, 3.8) is 0 Å². The minimum Gasteiger partial charge on any atom is -0.760 e. The number of carbonyl (C=O) groups is 1. The molecule has 1 atom stereocenters. The van der Waals surface area contributed by atoms with E-state index in [1.165, 1.54) is 7.05 Å². The van der Waals surface area contributed by atoms with Crippen LogP contribution < -0.4 is 5.32 Å². The Balaban J connectivity index is 3.44. The number of hydrogen-bond donors (Lipinski definition) is 2. The number of rotatable bonds is 7. The van der Waals surface area contributed by atoms with Crippen LogP contribution in [0, 0.1) is 0 Å². The highest BCUT2D eigenvalue weighted by atomic mass is 32.2. The Kier molecular flexibility index (Phi) is 8.15. The van der Waals surface area contributed by atoms with Gasteiger partial charge in [-0.05, 0) is 19.2 Å². The fourth-order valence-electron chi connectivity index (χ4n) is 0.755. The lowest BCUT2D eigenvalue weighted by molar-refractivity contribution is -0.121. The minimum atomic E-state index is -2.21. The van der Waals surface area contributed by atoms with Gasteiger partial charge in [0.2, 0.25) is 5.91 Å². The SMILES string of the molecule is CN(CCNC(=O)CCCS)S(=O)[O-].